The van der Waals surface area contributed by atoms with Gasteiger partial charge >= 0.3 is 0 Å². The van der Waals surface area contributed by atoms with Crippen LogP contribution in [-0.4, -0.2) is 18.6 Å². The minimum atomic E-state index is -0.394. The first-order valence-corrected chi connectivity index (χ1v) is 7.01. The van der Waals surface area contributed by atoms with Gasteiger partial charge in [-0.2, -0.15) is 0 Å². The predicted octanol–water partition coefficient (Wildman–Crippen LogP) is 3.16. The summed E-state index contributed by atoms with van der Waals surface area (Å²) >= 11 is 0. The van der Waals surface area contributed by atoms with Gasteiger partial charge < -0.3 is 10.1 Å². The van der Waals surface area contributed by atoms with E-state index in [4.69, 9.17) is 4.74 Å². The lowest BCUT2D eigenvalue weighted by Gasteiger charge is -2.08. The van der Waals surface area contributed by atoms with Crippen LogP contribution in [0.25, 0.3) is 21.8 Å². The third kappa shape index (κ3) is 2.28. The van der Waals surface area contributed by atoms with Gasteiger partial charge in [0.15, 0.2) is 0 Å². The van der Waals surface area contributed by atoms with Crippen molar-refractivity contribution in [1.29, 1.82) is 0 Å². The highest BCUT2D eigenvalue weighted by Gasteiger charge is 2.17. The third-order valence-electron chi connectivity index (χ3n) is 3.57. The lowest BCUT2D eigenvalue weighted by Crippen LogP contribution is -2.08. The van der Waals surface area contributed by atoms with E-state index in [0.29, 0.717) is 6.61 Å². The van der Waals surface area contributed by atoms with Crippen molar-refractivity contribution in [2.45, 2.75) is 6.92 Å². The lowest BCUT2D eigenvalue weighted by molar-refractivity contribution is -0.385. The molecule has 22 heavy (non-hydrogen) atoms. The number of nitrogens with zero attached hydrogens (tertiary/aromatic N) is 1. The number of hydrogen-bond donors (Lipinski definition) is 1. The van der Waals surface area contributed by atoms with Gasteiger partial charge in [0, 0.05) is 19.2 Å². The van der Waals surface area contributed by atoms with E-state index in [9.17, 15) is 10.1 Å². The van der Waals surface area contributed by atoms with Crippen LogP contribution in [0.4, 0.5) is 11.4 Å². The molecule has 0 radical (unpaired) electrons. The van der Waals surface area contributed by atoms with Gasteiger partial charge in [0.1, 0.15) is 5.75 Å². The Hall–Kier alpha value is -2.89. The molecule has 0 saturated carbocycles. The number of non-ortho nitro benzene ring substituents is 1. The summed E-state index contributed by atoms with van der Waals surface area (Å²) in [7, 11) is 1.84. The average molecular weight is 298 g/mol. The number of nitro groups is 1. The van der Waals surface area contributed by atoms with E-state index < -0.39 is 4.92 Å². The Morgan fingerprint density at radius 2 is 2.00 bits per heavy atom. The van der Waals surface area contributed by atoms with Crippen molar-refractivity contribution in [2.75, 3.05) is 19.0 Å². The van der Waals surface area contributed by atoms with Crippen LogP contribution in [0.15, 0.2) is 36.4 Å². The summed E-state index contributed by atoms with van der Waals surface area (Å²) in [6, 6.07) is 10.6. The number of H-pyrrole nitrogens is 1. The average Bonchev–Trinajstić information content (AvgIpc) is 2.52. The summed E-state index contributed by atoms with van der Waals surface area (Å²) < 4.78 is 5.55. The van der Waals surface area contributed by atoms with Gasteiger partial charge in [0.2, 0.25) is 11.0 Å². The fraction of sp³-hybridized carbons (Fsp3) is 0.188. The van der Waals surface area contributed by atoms with E-state index in [-0.39, 0.29) is 5.69 Å². The van der Waals surface area contributed by atoms with Gasteiger partial charge in [0.05, 0.1) is 34.1 Å². The van der Waals surface area contributed by atoms with Crippen LogP contribution < -0.4 is 15.0 Å². The second-order valence-electron chi connectivity index (χ2n) is 4.88. The van der Waals surface area contributed by atoms with E-state index in [1.165, 1.54) is 6.07 Å². The van der Waals surface area contributed by atoms with Gasteiger partial charge in [-0.25, -0.2) is 4.98 Å². The quantitative estimate of drug-likeness (QED) is 0.456. The summed E-state index contributed by atoms with van der Waals surface area (Å²) in [5.41, 5.74) is 2.59. The van der Waals surface area contributed by atoms with Gasteiger partial charge in [0.25, 0.3) is 5.69 Å². The van der Waals surface area contributed by atoms with Gasteiger partial charge in [-0.05, 0) is 25.1 Å². The van der Waals surface area contributed by atoms with E-state index in [2.05, 4.69) is 10.3 Å². The molecular weight excluding hydrogens is 282 g/mol. The van der Waals surface area contributed by atoms with Crippen molar-refractivity contribution >= 4 is 33.2 Å². The molecule has 6 nitrogen and oxygen atoms in total. The topological polar surface area (TPSA) is 78.5 Å². The van der Waals surface area contributed by atoms with E-state index in [1.54, 1.807) is 12.1 Å². The van der Waals surface area contributed by atoms with Crippen LogP contribution in [0.2, 0.25) is 0 Å². The van der Waals surface area contributed by atoms with Crippen molar-refractivity contribution in [1.82, 2.24) is 0 Å². The SMILES string of the molecule is CCOc1ccc2[nH+]c3cc([N+](=O)[O-])ccc3c(NC)c2c1. The highest BCUT2D eigenvalue weighted by Crippen LogP contribution is 2.32. The summed E-state index contributed by atoms with van der Waals surface area (Å²) in [6.45, 7) is 2.54. The van der Waals surface area contributed by atoms with Crippen molar-refractivity contribution in [2.24, 2.45) is 0 Å². The monoisotopic (exact) mass is 298 g/mol. The first-order valence-electron chi connectivity index (χ1n) is 7.01. The zero-order valence-corrected chi connectivity index (χ0v) is 12.3. The number of fused-ring (bicyclic) bond motifs is 2. The molecule has 0 bridgehead atoms. The maximum atomic E-state index is 10.9. The van der Waals surface area contributed by atoms with Crippen molar-refractivity contribution in [3.63, 3.8) is 0 Å². The largest absolute Gasteiger partial charge is 0.494 e. The molecule has 2 aromatic carbocycles. The molecule has 3 rings (SSSR count). The minimum absolute atomic E-state index is 0.0658. The van der Waals surface area contributed by atoms with E-state index in [1.807, 2.05) is 32.2 Å². The Bertz CT molecular complexity index is 877. The number of hydrogen-bond acceptors (Lipinski definition) is 4. The zero-order valence-electron chi connectivity index (χ0n) is 12.3. The Morgan fingerprint density at radius 3 is 2.68 bits per heavy atom. The summed E-state index contributed by atoms with van der Waals surface area (Å²) in [6.07, 6.45) is 0. The number of pyridine rings is 1. The maximum absolute atomic E-state index is 10.9. The molecule has 0 aliphatic rings. The summed E-state index contributed by atoms with van der Waals surface area (Å²) in [5, 5.41) is 16.0. The molecule has 3 aromatic rings. The third-order valence-corrected chi connectivity index (χ3v) is 3.57. The Labute approximate surface area is 126 Å². The number of anilines is 1. The Kier molecular flexibility index (Phi) is 3.50. The second-order valence-corrected chi connectivity index (χ2v) is 4.88. The standard InChI is InChI=1S/C16H15N3O3/c1-3-22-11-5-7-14-13(9-11)16(17-2)12-6-4-10(19(20)21)8-15(12)18-14/h4-9H,3H2,1-2H3,(H,17,18)/p+1. The van der Waals surface area contributed by atoms with Gasteiger partial charge in [-0.1, -0.05) is 0 Å². The predicted molar refractivity (Wildman–Crippen MR) is 85.4 cm³/mol. The number of nitro benzene ring substituents is 1. The molecule has 0 amide bonds. The number of aromatic nitrogens is 1. The molecule has 0 aliphatic heterocycles. The number of nitrogens with one attached hydrogen (secondary N) is 2. The Balaban J connectivity index is 2.32. The summed E-state index contributed by atoms with van der Waals surface area (Å²) in [4.78, 5) is 13.8. The van der Waals surface area contributed by atoms with Crippen LogP contribution in [0.5, 0.6) is 5.75 Å². The van der Waals surface area contributed by atoms with E-state index in [0.717, 1.165) is 33.2 Å². The maximum Gasteiger partial charge on any atom is 0.276 e. The van der Waals surface area contributed by atoms with Crippen molar-refractivity contribution in [3.8, 4) is 5.75 Å². The van der Waals surface area contributed by atoms with Gasteiger partial charge in [-0.3, -0.25) is 10.1 Å². The molecule has 0 spiro atoms. The molecular formula is C16H16N3O3+. The first-order chi connectivity index (χ1) is 10.6. The summed E-state index contributed by atoms with van der Waals surface area (Å²) in [5.74, 6) is 0.793. The molecule has 0 fully saturated rings. The highest BCUT2D eigenvalue weighted by atomic mass is 16.6. The molecule has 0 saturated heterocycles. The molecule has 0 unspecified atom stereocenters. The molecule has 1 heterocycles. The number of rotatable bonds is 4. The zero-order chi connectivity index (χ0) is 15.7. The fourth-order valence-corrected chi connectivity index (χ4v) is 2.62. The van der Waals surface area contributed by atoms with Gasteiger partial charge in [-0.15, -0.1) is 0 Å². The Morgan fingerprint density at radius 1 is 1.18 bits per heavy atom. The number of benzene rings is 2. The minimum Gasteiger partial charge on any atom is -0.494 e. The fourth-order valence-electron chi connectivity index (χ4n) is 2.62. The lowest BCUT2D eigenvalue weighted by atomic mass is 10.1. The van der Waals surface area contributed by atoms with Crippen molar-refractivity contribution < 1.29 is 14.6 Å². The molecule has 0 atom stereocenters. The molecule has 6 heteroatoms. The highest BCUT2D eigenvalue weighted by molar-refractivity contribution is 6.05. The van der Waals surface area contributed by atoms with Crippen LogP contribution in [0.1, 0.15) is 6.92 Å². The number of ether oxygens (including phenoxy) is 1. The van der Waals surface area contributed by atoms with Crippen LogP contribution in [0, 0.1) is 10.1 Å². The van der Waals surface area contributed by atoms with Crippen LogP contribution in [-0.2, 0) is 0 Å². The molecule has 112 valence electrons. The number of aromatic amines is 1. The molecule has 2 N–H and O–H groups in total. The first kappa shape index (κ1) is 14.1. The smallest absolute Gasteiger partial charge is 0.276 e. The normalized spacial score (nSPS) is 10.8. The van der Waals surface area contributed by atoms with Crippen molar-refractivity contribution in [3.05, 3.63) is 46.5 Å². The van der Waals surface area contributed by atoms with Crippen LogP contribution in [0.3, 0.4) is 0 Å². The van der Waals surface area contributed by atoms with E-state index >= 15 is 0 Å². The van der Waals surface area contributed by atoms with Crippen LogP contribution >= 0.6 is 0 Å². The second kappa shape index (κ2) is 5.48. The molecule has 1 aromatic heterocycles. The molecule has 0 aliphatic carbocycles.